The number of anilines is 5. The minimum Gasteiger partial charge on any atom is -0.494 e. The molecule has 46 heavy (non-hydrogen) atoms. The molecule has 2 N–H and O–H groups in total. The Hall–Kier alpha value is -3.61. The van der Waals surface area contributed by atoms with Crippen LogP contribution in [0.2, 0.25) is 10.0 Å². The SMILES string of the molecule is C=CC(=O)Nc1cc(Nc2cc(N3OCC[C@@H]3c3ccc(Cl)c(Cl)c3)ncn2)c(OC)cc1N1CCC(N2C[C@@H]3C[C@H]2CO3)CC1. The Morgan fingerprint density at radius 2 is 1.91 bits per heavy atom. The number of piperidine rings is 1. The Labute approximate surface area is 278 Å². The summed E-state index contributed by atoms with van der Waals surface area (Å²) in [5.41, 5.74) is 3.19. The maximum Gasteiger partial charge on any atom is 0.247 e. The van der Waals surface area contributed by atoms with Gasteiger partial charge in [-0.05, 0) is 49.1 Å². The average molecular weight is 667 g/mol. The van der Waals surface area contributed by atoms with Crippen molar-refractivity contribution in [2.75, 3.05) is 60.6 Å². The lowest BCUT2D eigenvalue weighted by atomic mass is 10.0. The molecule has 5 heterocycles. The van der Waals surface area contributed by atoms with E-state index in [1.54, 1.807) is 18.2 Å². The first kappa shape index (κ1) is 31.0. The number of benzene rings is 2. The van der Waals surface area contributed by atoms with Crippen LogP contribution in [0.5, 0.6) is 5.75 Å². The summed E-state index contributed by atoms with van der Waals surface area (Å²) < 4.78 is 11.7. The largest absolute Gasteiger partial charge is 0.494 e. The second-order valence-electron chi connectivity index (χ2n) is 12.0. The fourth-order valence-corrected chi connectivity index (χ4v) is 7.39. The van der Waals surface area contributed by atoms with Gasteiger partial charge in [0.05, 0.1) is 59.6 Å². The molecule has 0 aliphatic carbocycles. The first-order valence-electron chi connectivity index (χ1n) is 15.6. The number of carbonyl (C=O) groups excluding carboxylic acids is 1. The van der Waals surface area contributed by atoms with E-state index < -0.39 is 0 Å². The quantitative estimate of drug-likeness (QED) is 0.265. The second kappa shape index (κ2) is 13.2. The number of amides is 1. The molecule has 4 fully saturated rings. The zero-order valence-electron chi connectivity index (χ0n) is 25.6. The lowest BCUT2D eigenvalue weighted by Crippen LogP contribution is -2.49. The fraction of sp³-hybridized carbons (Fsp3) is 0.424. The van der Waals surface area contributed by atoms with E-state index in [0.29, 0.717) is 63.6 Å². The highest BCUT2D eigenvalue weighted by molar-refractivity contribution is 6.42. The van der Waals surface area contributed by atoms with E-state index in [0.717, 1.165) is 63.2 Å². The monoisotopic (exact) mass is 665 g/mol. The van der Waals surface area contributed by atoms with Crippen molar-refractivity contribution in [2.24, 2.45) is 0 Å². The normalized spacial score (nSPS) is 23.2. The molecule has 7 rings (SSSR count). The summed E-state index contributed by atoms with van der Waals surface area (Å²) in [6, 6.07) is 12.3. The van der Waals surface area contributed by atoms with Gasteiger partial charge in [0, 0.05) is 50.3 Å². The number of ether oxygens (including phenoxy) is 2. The molecule has 3 atom stereocenters. The molecule has 0 saturated carbocycles. The third-order valence-electron chi connectivity index (χ3n) is 9.35. The summed E-state index contributed by atoms with van der Waals surface area (Å²) in [6.45, 7) is 7.82. The summed E-state index contributed by atoms with van der Waals surface area (Å²) >= 11 is 12.5. The second-order valence-corrected chi connectivity index (χ2v) is 12.9. The zero-order chi connectivity index (χ0) is 31.8. The van der Waals surface area contributed by atoms with Crippen LogP contribution in [-0.4, -0.2) is 78.9 Å². The van der Waals surface area contributed by atoms with Gasteiger partial charge in [0.2, 0.25) is 5.91 Å². The van der Waals surface area contributed by atoms with Crippen molar-refractivity contribution >= 4 is 57.8 Å². The van der Waals surface area contributed by atoms with Crippen LogP contribution >= 0.6 is 23.2 Å². The van der Waals surface area contributed by atoms with Gasteiger partial charge >= 0.3 is 0 Å². The van der Waals surface area contributed by atoms with E-state index in [2.05, 4.69) is 37.0 Å². The van der Waals surface area contributed by atoms with Crippen molar-refractivity contribution in [1.29, 1.82) is 0 Å². The van der Waals surface area contributed by atoms with Gasteiger partial charge in [-0.1, -0.05) is 35.8 Å². The van der Waals surface area contributed by atoms with Gasteiger partial charge < -0.3 is 25.0 Å². The summed E-state index contributed by atoms with van der Waals surface area (Å²) in [6.07, 6.45) is 7.16. The van der Waals surface area contributed by atoms with Crippen molar-refractivity contribution in [3.63, 3.8) is 0 Å². The highest BCUT2D eigenvalue weighted by atomic mass is 35.5. The summed E-state index contributed by atoms with van der Waals surface area (Å²) in [5.74, 6) is 1.45. The van der Waals surface area contributed by atoms with Crippen molar-refractivity contribution in [3.8, 4) is 5.75 Å². The molecule has 242 valence electrons. The Kier molecular flexibility index (Phi) is 8.93. The molecular formula is C33H37Cl2N7O4. The zero-order valence-corrected chi connectivity index (χ0v) is 27.1. The molecule has 4 aliphatic rings. The van der Waals surface area contributed by atoms with Crippen LogP contribution in [0, 0.1) is 0 Å². The fourth-order valence-electron chi connectivity index (χ4n) is 7.09. The Morgan fingerprint density at radius 1 is 1.07 bits per heavy atom. The van der Waals surface area contributed by atoms with Crippen LogP contribution < -0.4 is 25.3 Å². The summed E-state index contributed by atoms with van der Waals surface area (Å²) in [5, 5.41) is 9.14. The lowest BCUT2D eigenvalue weighted by molar-refractivity contribution is -0.111. The van der Waals surface area contributed by atoms with Gasteiger partial charge in [0.25, 0.3) is 0 Å². The number of halogens is 2. The van der Waals surface area contributed by atoms with Gasteiger partial charge in [-0.2, -0.15) is 0 Å². The number of carbonyl (C=O) groups is 1. The molecule has 2 aromatic carbocycles. The number of hydroxylamine groups is 1. The number of rotatable bonds is 9. The van der Waals surface area contributed by atoms with Gasteiger partial charge in [-0.25, -0.2) is 15.0 Å². The van der Waals surface area contributed by atoms with E-state index in [-0.39, 0.29) is 11.9 Å². The summed E-state index contributed by atoms with van der Waals surface area (Å²) in [7, 11) is 1.63. The number of likely N-dealkylation sites (tertiary alicyclic amines) is 1. The average Bonchev–Trinajstić information content (AvgIpc) is 3.85. The number of fused-ring (bicyclic) bond motifs is 2. The minimum atomic E-state index is -0.288. The van der Waals surface area contributed by atoms with Gasteiger partial charge in [0.1, 0.15) is 17.9 Å². The molecule has 1 aromatic heterocycles. The van der Waals surface area contributed by atoms with E-state index in [1.165, 1.54) is 12.4 Å². The van der Waals surface area contributed by atoms with Crippen molar-refractivity contribution in [2.45, 2.75) is 49.9 Å². The van der Waals surface area contributed by atoms with Crippen LogP contribution in [0.4, 0.5) is 28.7 Å². The van der Waals surface area contributed by atoms with Crippen LogP contribution in [0.15, 0.2) is 55.4 Å². The standard InChI is InChI=1S/C33H37Cl2N7O4/c1-3-33(43)39-26-14-27(30(44-2)15-29(26)40-9-6-21(7-10-40)41-17-23-13-22(41)18-45-23)38-31-16-32(37-19-36-31)42-28(8-11-46-42)20-4-5-24(34)25(35)12-20/h3-5,12,14-16,19,21-23,28H,1,6-11,13,17-18H2,2H3,(H,39,43)(H,36,37,38)/t22-,23-,28+/m0/s1. The number of morpholine rings is 1. The first-order valence-corrected chi connectivity index (χ1v) is 16.4. The van der Waals surface area contributed by atoms with Crippen LogP contribution in [-0.2, 0) is 14.4 Å². The van der Waals surface area contributed by atoms with E-state index >= 15 is 0 Å². The molecule has 0 spiro atoms. The summed E-state index contributed by atoms with van der Waals surface area (Å²) in [4.78, 5) is 32.4. The predicted molar refractivity (Wildman–Crippen MR) is 179 cm³/mol. The number of aromatic nitrogens is 2. The van der Waals surface area contributed by atoms with Crippen molar-refractivity contribution < 1.29 is 19.1 Å². The highest BCUT2D eigenvalue weighted by Gasteiger charge is 2.42. The number of hydrogen-bond acceptors (Lipinski definition) is 10. The maximum absolute atomic E-state index is 12.5. The van der Waals surface area contributed by atoms with Gasteiger partial charge in [-0.15, -0.1) is 0 Å². The maximum atomic E-state index is 12.5. The minimum absolute atomic E-state index is 0.0925. The van der Waals surface area contributed by atoms with Gasteiger partial charge in [0.15, 0.2) is 5.82 Å². The topological polar surface area (TPSA) is 104 Å². The van der Waals surface area contributed by atoms with Crippen LogP contribution in [0.3, 0.4) is 0 Å². The van der Waals surface area contributed by atoms with E-state index in [9.17, 15) is 4.79 Å². The molecule has 13 heteroatoms. The third-order valence-corrected chi connectivity index (χ3v) is 10.1. The molecule has 4 saturated heterocycles. The Bertz CT molecular complexity index is 1620. The predicted octanol–water partition coefficient (Wildman–Crippen LogP) is 5.99. The first-order chi connectivity index (χ1) is 22.4. The molecule has 2 bridgehead atoms. The third kappa shape index (κ3) is 6.22. The number of nitrogens with zero attached hydrogens (tertiary/aromatic N) is 5. The van der Waals surface area contributed by atoms with Gasteiger partial charge in [-0.3, -0.25) is 14.5 Å². The molecule has 11 nitrogen and oxygen atoms in total. The molecular weight excluding hydrogens is 629 g/mol. The smallest absolute Gasteiger partial charge is 0.247 e. The number of hydrogen-bond donors (Lipinski definition) is 2. The van der Waals surface area contributed by atoms with Crippen LogP contribution in [0.25, 0.3) is 0 Å². The van der Waals surface area contributed by atoms with Crippen LogP contribution in [0.1, 0.15) is 37.3 Å². The lowest BCUT2D eigenvalue weighted by Gasteiger charge is -2.41. The molecule has 3 aromatic rings. The molecule has 0 radical (unpaired) electrons. The van der Waals surface area contributed by atoms with Crippen molar-refractivity contribution in [1.82, 2.24) is 14.9 Å². The van der Waals surface area contributed by atoms with E-state index in [4.69, 9.17) is 37.5 Å². The number of methoxy groups -OCH3 is 1. The molecule has 4 aliphatic heterocycles. The Balaban J connectivity index is 1.12. The highest BCUT2D eigenvalue weighted by Crippen LogP contribution is 2.42. The molecule has 0 unspecified atom stereocenters. The van der Waals surface area contributed by atoms with E-state index in [1.807, 2.05) is 30.3 Å². The van der Waals surface area contributed by atoms with Crippen molar-refractivity contribution in [3.05, 3.63) is 71.0 Å². The number of nitrogens with one attached hydrogen (secondary N) is 2. The molecule has 1 amide bonds. The Morgan fingerprint density at radius 3 is 2.63 bits per heavy atom.